The number of aryl methyl sites for hydroxylation is 1. The van der Waals surface area contributed by atoms with Gasteiger partial charge >= 0.3 is 6.09 Å². The molecule has 1 aliphatic heterocycles. The third-order valence-electron chi connectivity index (χ3n) is 4.24. The average Bonchev–Trinajstić information content (AvgIpc) is 3.03. The minimum atomic E-state index is -0.458. The number of benzene rings is 1. The summed E-state index contributed by atoms with van der Waals surface area (Å²) < 4.78 is 5.43. The Bertz CT molecular complexity index is 740. The molecule has 1 amide bonds. The minimum Gasteiger partial charge on any atom is -0.444 e. The zero-order valence-electron chi connectivity index (χ0n) is 16.0. The fourth-order valence-corrected chi connectivity index (χ4v) is 2.82. The van der Waals surface area contributed by atoms with Gasteiger partial charge in [0.05, 0.1) is 6.54 Å². The summed E-state index contributed by atoms with van der Waals surface area (Å²) in [5, 5.41) is 7.34. The lowest BCUT2D eigenvalue weighted by Gasteiger charge is -2.35. The Labute approximate surface area is 154 Å². The van der Waals surface area contributed by atoms with E-state index < -0.39 is 5.60 Å². The summed E-state index contributed by atoms with van der Waals surface area (Å²) in [6.45, 7) is 11.3. The quantitative estimate of drug-likeness (QED) is 0.914. The summed E-state index contributed by atoms with van der Waals surface area (Å²) in [6.07, 6.45) is -0.238. The predicted molar refractivity (Wildman–Crippen MR) is 99.6 cm³/mol. The van der Waals surface area contributed by atoms with E-state index in [-0.39, 0.29) is 6.09 Å². The fraction of sp³-hybridized carbons (Fsp3) is 0.526. The summed E-state index contributed by atoms with van der Waals surface area (Å²) in [7, 11) is 0. The van der Waals surface area contributed by atoms with Gasteiger partial charge in [-0.3, -0.25) is 10.00 Å². The number of carbonyl (C=O) groups is 1. The molecule has 0 atom stereocenters. The van der Waals surface area contributed by atoms with Crippen molar-refractivity contribution >= 4 is 6.09 Å². The highest BCUT2D eigenvalue weighted by Gasteiger charge is 2.26. The summed E-state index contributed by atoms with van der Waals surface area (Å²) in [6, 6.07) is 8.17. The van der Waals surface area contributed by atoms with Gasteiger partial charge in [0.15, 0.2) is 5.82 Å². The van der Waals surface area contributed by atoms with E-state index in [9.17, 15) is 4.79 Å². The first-order valence-corrected chi connectivity index (χ1v) is 8.99. The second-order valence-corrected chi connectivity index (χ2v) is 7.72. The van der Waals surface area contributed by atoms with Crippen LogP contribution in [0.4, 0.5) is 4.79 Å². The highest BCUT2D eigenvalue weighted by molar-refractivity contribution is 5.68. The van der Waals surface area contributed by atoms with Crippen molar-refractivity contribution in [1.29, 1.82) is 0 Å². The molecule has 0 saturated carbocycles. The smallest absolute Gasteiger partial charge is 0.410 e. The number of aromatic nitrogens is 3. The van der Waals surface area contributed by atoms with Crippen molar-refractivity contribution in [2.75, 3.05) is 26.2 Å². The molecular formula is C19H27N5O2. The minimum absolute atomic E-state index is 0.238. The molecule has 0 spiro atoms. The van der Waals surface area contributed by atoms with E-state index in [1.54, 1.807) is 4.90 Å². The van der Waals surface area contributed by atoms with Crippen molar-refractivity contribution in [3.63, 3.8) is 0 Å². The molecule has 0 bridgehead atoms. The molecule has 1 aromatic carbocycles. The number of hydrogen-bond donors (Lipinski definition) is 1. The van der Waals surface area contributed by atoms with Crippen LogP contribution in [0.15, 0.2) is 24.3 Å². The molecule has 0 aliphatic carbocycles. The van der Waals surface area contributed by atoms with Gasteiger partial charge in [0, 0.05) is 31.7 Å². The van der Waals surface area contributed by atoms with Crippen molar-refractivity contribution in [1.82, 2.24) is 25.0 Å². The number of aromatic amines is 1. The molecule has 2 heterocycles. The van der Waals surface area contributed by atoms with E-state index in [2.05, 4.69) is 39.1 Å². The van der Waals surface area contributed by atoms with Crippen LogP contribution in [0.3, 0.4) is 0 Å². The largest absolute Gasteiger partial charge is 0.444 e. The second kappa shape index (κ2) is 7.45. The van der Waals surface area contributed by atoms with E-state index in [1.807, 2.05) is 32.9 Å². The fourth-order valence-electron chi connectivity index (χ4n) is 2.82. The molecule has 0 unspecified atom stereocenters. The molecule has 1 aromatic heterocycles. The van der Waals surface area contributed by atoms with E-state index in [0.717, 1.165) is 24.5 Å². The third-order valence-corrected chi connectivity index (χ3v) is 4.24. The SMILES string of the molecule is Cc1ccc(-c2n[nH]c(CN3CCN(C(=O)OC(C)(C)C)CC3)n2)cc1. The van der Waals surface area contributed by atoms with Crippen molar-refractivity contribution in [2.45, 2.75) is 39.8 Å². The zero-order valence-corrected chi connectivity index (χ0v) is 16.0. The number of nitrogens with zero attached hydrogens (tertiary/aromatic N) is 4. The summed E-state index contributed by atoms with van der Waals surface area (Å²) in [5.41, 5.74) is 1.76. The van der Waals surface area contributed by atoms with Crippen molar-refractivity contribution < 1.29 is 9.53 Å². The summed E-state index contributed by atoms with van der Waals surface area (Å²) in [5.74, 6) is 1.55. The molecular weight excluding hydrogens is 330 g/mol. The van der Waals surface area contributed by atoms with E-state index >= 15 is 0 Å². The number of rotatable bonds is 3. The van der Waals surface area contributed by atoms with Crippen molar-refractivity contribution in [3.05, 3.63) is 35.7 Å². The van der Waals surface area contributed by atoms with Crippen LogP contribution in [0.2, 0.25) is 0 Å². The van der Waals surface area contributed by atoms with Crippen LogP contribution in [0, 0.1) is 6.92 Å². The van der Waals surface area contributed by atoms with Gasteiger partial charge in [0.25, 0.3) is 0 Å². The Hall–Kier alpha value is -2.41. The summed E-state index contributed by atoms with van der Waals surface area (Å²) >= 11 is 0. The Kier molecular flexibility index (Phi) is 5.27. The molecule has 140 valence electrons. The maximum atomic E-state index is 12.1. The van der Waals surface area contributed by atoms with Gasteiger partial charge in [0.1, 0.15) is 11.4 Å². The van der Waals surface area contributed by atoms with Gasteiger partial charge < -0.3 is 9.64 Å². The zero-order chi connectivity index (χ0) is 18.7. The molecule has 1 saturated heterocycles. The first-order chi connectivity index (χ1) is 12.3. The number of ether oxygens (including phenoxy) is 1. The van der Waals surface area contributed by atoms with Crippen LogP contribution in [0.25, 0.3) is 11.4 Å². The number of hydrogen-bond acceptors (Lipinski definition) is 5. The maximum Gasteiger partial charge on any atom is 0.410 e. The van der Waals surface area contributed by atoms with Gasteiger partial charge in [-0.2, -0.15) is 5.10 Å². The van der Waals surface area contributed by atoms with Crippen LogP contribution >= 0.6 is 0 Å². The molecule has 1 N–H and O–H groups in total. The highest BCUT2D eigenvalue weighted by atomic mass is 16.6. The van der Waals surface area contributed by atoms with Crippen LogP contribution in [-0.2, 0) is 11.3 Å². The number of nitrogens with one attached hydrogen (secondary N) is 1. The molecule has 7 heteroatoms. The number of H-pyrrole nitrogens is 1. The third kappa shape index (κ3) is 4.82. The molecule has 2 aromatic rings. The molecule has 3 rings (SSSR count). The van der Waals surface area contributed by atoms with Gasteiger partial charge in [-0.15, -0.1) is 0 Å². The Morgan fingerprint density at radius 1 is 1.15 bits per heavy atom. The second-order valence-electron chi connectivity index (χ2n) is 7.72. The van der Waals surface area contributed by atoms with Crippen LogP contribution in [0.1, 0.15) is 32.2 Å². The molecule has 1 fully saturated rings. The van der Waals surface area contributed by atoms with Crippen LogP contribution < -0.4 is 0 Å². The Morgan fingerprint density at radius 3 is 2.42 bits per heavy atom. The molecule has 1 aliphatic rings. The molecule has 0 radical (unpaired) electrons. The standard InChI is InChI=1S/C19H27N5O2/c1-14-5-7-15(8-6-14)17-20-16(21-22-17)13-23-9-11-24(12-10-23)18(25)26-19(2,3)4/h5-8H,9-13H2,1-4H3,(H,20,21,22). The normalized spacial score (nSPS) is 15.9. The van der Waals surface area contributed by atoms with Crippen LogP contribution in [0.5, 0.6) is 0 Å². The lowest BCUT2D eigenvalue weighted by atomic mass is 10.1. The Morgan fingerprint density at radius 2 is 1.81 bits per heavy atom. The van der Waals surface area contributed by atoms with Gasteiger partial charge in [0.2, 0.25) is 0 Å². The van der Waals surface area contributed by atoms with Crippen LogP contribution in [-0.4, -0.2) is 62.9 Å². The van der Waals surface area contributed by atoms with Gasteiger partial charge in [-0.05, 0) is 27.7 Å². The Balaban J connectivity index is 1.52. The predicted octanol–water partition coefficient (Wildman–Crippen LogP) is 2.83. The maximum absolute atomic E-state index is 12.1. The first kappa shape index (κ1) is 18.4. The van der Waals surface area contributed by atoms with Gasteiger partial charge in [-0.25, -0.2) is 9.78 Å². The lowest BCUT2D eigenvalue weighted by molar-refractivity contribution is 0.0137. The number of amides is 1. The van der Waals surface area contributed by atoms with E-state index in [4.69, 9.17) is 4.74 Å². The van der Waals surface area contributed by atoms with Gasteiger partial charge in [-0.1, -0.05) is 29.8 Å². The number of carbonyl (C=O) groups excluding carboxylic acids is 1. The topological polar surface area (TPSA) is 74.4 Å². The van der Waals surface area contributed by atoms with Crippen molar-refractivity contribution in [3.8, 4) is 11.4 Å². The van der Waals surface area contributed by atoms with E-state index in [0.29, 0.717) is 25.5 Å². The first-order valence-electron chi connectivity index (χ1n) is 8.99. The molecule has 26 heavy (non-hydrogen) atoms. The lowest BCUT2D eigenvalue weighted by Crippen LogP contribution is -2.49. The monoisotopic (exact) mass is 357 g/mol. The highest BCUT2D eigenvalue weighted by Crippen LogP contribution is 2.16. The molecule has 7 nitrogen and oxygen atoms in total. The average molecular weight is 357 g/mol. The van der Waals surface area contributed by atoms with Crippen molar-refractivity contribution in [2.24, 2.45) is 0 Å². The summed E-state index contributed by atoms with van der Waals surface area (Å²) in [4.78, 5) is 20.7. The van der Waals surface area contributed by atoms with E-state index in [1.165, 1.54) is 5.56 Å². The number of piperazine rings is 1.